The minimum absolute atomic E-state index is 0.131. The van der Waals surface area contributed by atoms with Crippen molar-refractivity contribution in [3.05, 3.63) is 27.9 Å². The molecule has 1 N–H and O–H groups in total. The smallest absolute Gasteiger partial charge is 0.277 e. The third kappa shape index (κ3) is 2.78. The summed E-state index contributed by atoms with van der Waals surface area (Å²) in [4.78, 5) is 14.7. The first-order chi connectivity index (χ1) is 8.58. The van der Waals surface area contributed by atoms with Gasteiger partial charge in [-0.25, -0.2) is 4.98 Å². The number of pyridine rings is 1. The van der Waals surface area contributed by atoms with Crippen molar-refractivity contribution in [1.82, 2.24) is 4.98 Å². The Kier molecular flexibility index (Phi) is 3.79. The first kappa shape index (κ1) is 12.8. The van der Waals surface area contributed by atoms with E-state index in [2.05, 4.69) is 17.2 Å². The topological polar surface area (TPSA) is 68.1 Å². The van der Waals surface area contributed by atoms with Crippen LogP contribution >= 0.6 is 0 Å². The molecule has 0 saturated heterocycles. The van der Waals surface area contributed by atoms with Crippen molar-refractivity contribution >= 4 is 11.5 Å². The Morgan fingerprint density at radius 2 is 2.17 bits per heavy atom. The van der Waals surface area contributed by atoms with E-state index >= 15 is 0 Å². The highest BCUT2D eigenvalue weighted by atomic mass is 16.6. The molecule has 5 heteroatoms. The highest BCUT2D eigenvalue weighted by Crippen LogP contribution is 2.29. The maximum atomic E-state index is 10.9. The van der Waals surface area contributed by atoms with Gasteiger partial charge in [-0.1, -0.05) is 12.8 Å². The van der Waals surface area contributed by atoms with Gasteiger partial charge in [-0.05, 0) is 32.6 Å². The van der Waals surface area contributed by atoms with Crippen LogP contribution in [0, 0.1) is 23.0 Å². The minimum atomic E-state index is -0.359. The maximum Gasteiger partial charge on any atom is 0.277 e. The fourth-order valence-electron chi connectivity index (χ4n) is 2.60. The number of aromatic nitrogens is 1. The molecule has 0 bridgehead atoms. The molecule has 0 radical (unpaired) electrons. The molecule has 1 saturated carbocycles. The van der Waals surface area contributed by atoms with E-state index < -0.39 is 0 Å². The standard InChI is InChI=1S/C13H19N3O2/c1-9-8-14-13(7-12(9)16(17)18)15-10(2)11-5-3-4-6-11/h7-8,10-11H,3-6H2,1-2H3,(H,14,15). The van der Waals surface area contributed by atoms with Crippen LogP contribution in [0.1, 0.15) is 38.2 Å². The van der Waals surface area contributed by atoms with Crippen molar-refractivity contribution < 1.29 is 4.92 Å². The molecule has 0 amide bonds. The highest BCUT2D eigenvalue weighted by Gasteiger charge is 2.22. The first-order valence-corrected chi connectivity index (χ1v) is 6.45. The quantitative estimate of drug-likeness (QED) is 0.656. The van der Waals surface area contributed by atoms with Gasteiger partial charge < -0.3 is 5.32 Å². The van der Waals surface area contributed by atoms with E-state index in [1.54, 1.807) is 13.1 Å². The average Bonchev–Trinajstić information content (AvgIpc) is 2.85. The molecule has 1 aliphatic carbocycles. The predicted molar refractivity (Wildman–Crippen MR) is 70.7 cm³/mol. The fraction of sp³-hybridized carbons (Fsp3) is 0.615. The summed E-state index contributed by atoms with van der Waals surface area (Å²) in [5.74, 6) is 1.26. The highest BCUT2D eigenvalue weighted by molar-refractivity contribution is 5.49. The molecule has 1 unspecified atom stereocenters. The van der Waals surface area contributed by atoms with Crippen LogP contribution in [0.3, 0.4) is 0 Å². The molecule has 1 fully saturated rings. The second kappa shape index (κ2) is 5.33. The van der Waals surface area contributed by atoms with E-state index in [4.69, 9.17) is 0 Å². The Labute approximate surface area is 107 Å². The number of nitro groups is 1. The number of anilines is 1. The molecule has 5 nitrogen and oxygen atoms in total. The molecular weight excluding hydrogens is 230 g/mol. The summed E-state index contributed by atoms with van der Waals surface area (Å²) in [5, 5.41) is 14.2. The van der Waals surface area contributed by atoms with Crippen LogP contribution in [0.4, 0.5) is 11.5 Å². The number of hydrogen-bond acceptors (Lipinski definition) is 4. The van der Waals surface area contributed by atoms with Gasteiger partial charge in [0.1, 0.15) is 5.82 Å². The van der Waals surface area contributed by atoms with Crippen molar-refractivity contribution in [3.63, 3.8) is 0 Å². The van der Waals surface area contributed by atoms with Crippen LogP contribution in [-0.4, -0.2) is 15.9 Å². The van der Waals surface area contributed by atoms with Crippen LogP contribution in [0.5, 0.6) is 0 Å². The van der Waals surface area contributed by atoms with Crippen LogP contribution in [-0.2, 0) is 0 Å². The van der Waals surface area contributed by atoms with E-state index in [1.807, 2.05) is 0 Å². The van der Waals surface area contributed by atoms with Gasteiger partial charge in [0.15, 0.2) is 0 Å². The van der Waals surface area contributed by atoms with Crippen molar-refractivity contribution in [2.75, 3.05) is 5.32 Å². The van der Waals surface area contributed by atoms with Crippen LogP contribution in [0.25, 0.3) is 0 Å². The molecule has 98 valence electrons. The number of nitrogens with zero attached hydrogens (tertiary/aromatic N) is 2. The van der Waals surface area contributed by atoms with E-state index in [0.29, 0.717) is 23.3 Å². The Bertz CT molecular complexity index is 442. The molecule has 1 atom stereocenters. The zero-order valence-corrected chi connectivity index (χ0v) is 10.8. The Morgan fingerprint density at radius 3 is 2.78 bits per heavy atom. The molecule has 2 rings (SSSR count). The van der Waals surface area contributed by atoms with Gasteiger partial charge >= 0.3 is 0 Å². The predicted octanol–water partition coefficient (Wildman–Crippen LogP) is 3.29. The minimum Gasteiger partial charge on any atom is -0.367 e. The van der Waals surface area contributed by atoms with Crippen LogP contribution in [0.15, 0.2) is 12.3 Å². The second-order valence-corrected chi connectivity index (χ2v) is 5.09. The molecule has 1 aliphatic rings. The maximum absolute atomic E-state index is 10.9. The number of hydrogen-bond donors (Lipinski definition) is 1. The van der Waals surface area contributed by atoms with Crippen molar-refractivity contribution in [1.29, 1.82) is 0 Å². The van der Waals surface area contributed by atoms with Gasteiger partial charge in [0.05, 0.1) is 11.0 Å². The fourth-order valence-corrected chi connectivity index (χ4v) is 2.60. The molecule has 1 heterocycles. The second-order valence-electron chi connectivity index (χ2n) is 5.09. The summed E-state index contributed by atoms with van der Waals surface area (Å²) in [6.45, 7) is 3.83. The third-order valence-electron chi connectivity index (χ3n) is 3.75. The third-order valence-corrected chi connectivity index (χ3v) is 3.75. The lowest BCUT2D eigenvalue weighted by molar-refractivity contribution is -0.385. The van der Waals surface area contributed by atoms with Gasteiger partial charge in [-0.2, -0.15) is 0 Å². The van der Waals surface area contributed by atoms with Crippen LogP contribution < -0.4 is 5.32 Å². The lowest BCUT2D eigenvalue weighted by atomic mass is 10.00. The van der Waals surface area contributed by atoms with Gasteiger partial charge in [0.25, 0.3) is 5.69 Å². The summed E-state index contributed by atoms with van der Waals surface area (Å²) in [5.41, 5.74) is 0.727. The van der Waals surface area contributed by atoms with Crippen molar-refractivity contribution in [2.45, 2.75) is 45.6 Å². The molecule has 0 aromatic carbocycles. The average molecular weight is 249 g/mol. The Hall–Kier alpha value is -1.65. The molecular formula is C13H19N3O2. The van der Waals surface area contributed by atoms with Crippen molar-refractivity contribution in [3.8, 4) is 0 Å². The zero-order valence-electron chi connectivity index (χ0n) is 10.8. The molecule has 0 aliphatic heterocycles. The lowest BCUT2D eigenvalue weighted by Crippen LogP contribution is -2.24. The van der Waals surface area contributed by atoms with E-state index in [-0.39, 0.29) is 10.6 Å². The van der Waals surface area contributed by atoms with E-state index in [0.717, 1.165) is 0 Å². The van der Waals surface area contributed by atoms with Gasteiger partial charge in [-0.3, -0.25) is 10.1 Å². The SMILES string of the molecule is Cc1cnc(NC(C)C2CCCC2)cc1[N+](=O)[O-]. The molecule has 0 spiro atoms. The summed E-state index contributed by atoms with van der Waals surface area (Å²) < 4.78 is 0. The van der Waals surface area contributed by atoms with Gasteiger partial charge in [0.2, 0.25) is 0 Å². The summed E-state index contributed by atoms with van der Waals surface area (Å²) >= 11 is 0. The Balaban J connectivity index is 2.09. The molecule has 1 aromatic heterocycles. The van der Waals surface area contributed by atoms with E-state index in [1.165, 1.54) is 31.7 Å². The number of nitrogens with one attached hydrogen (secondary N) is 1. The first-order valence-electron chi connectivity index (χ1n) is 6.45. The summed E-state index contributed by atoms with van der Waals surface area (Å²) in [7, 11) is 0. The zero-order chi connectivity index (χ0) is 13.1. The monoisotopic (exact) mass is 249 g/mol. The largest absolute Gasteiger partial charge is 0.367 e. The number of aryl methyl sites for hydroxylation is 1. The molecule has 18 heavy (non-hydrogen) atoms. The van der Waals surface area contributed by atoms with Gasteiger partial charge in [0, 0.05) is 17.8 Å². The number of rotatable bonds is 4. The summed E-state index contributed by atoms with van der Waals surface area (Å²) in [6.07, 6.45) is 6.61. The van der Waals surface area contributed by atoms with E-state index in [9.17, 15) is 10.1 Å². The van der Waals surface area contributed by atoms with Crippen molar-refractivity contribution in [2.24, 2.45) is 5.92 Å². The molecule has 1 aromatic rings. The van der Waals surface area contributed by atoms with Gasteiger partial charge in [-0.15, -0.1) is 0 Å². The van der Waals surface area contributed by atoms with Crippen LogP contribution in [0.2, 0.25) is 0 Å². The normalized spacial score (nSPS) is 17.7. The Morgan fingerprint density at radius 1 is 1.50 bits per heavy atom. The lowest BCUT2D eigenvalue weighted by Gasteiger charge is -2.20. The summed E-state index contributed by atoms with van der Waals surface area (Å²) in [6, 6.07) is 1.85.